The molecule has 0 radical (unpaired) electrons. The molecule has 2 heterocycles. The van der Waals surface area contributed by atoms with E-state index in [4.69, 9.17) is 9.47 Å². The molecule has 0 saturated carbocycles. The first-order valence-electron chi connectivity index (χ1n) is 7.61. The van der Waals surface area contributed by atoms with Crippen LogP contribution in [-0.2, 0) is 14.8 Å². The number of ether oxygens (including phenoxy) is 2. The van der Waals surface area contributed by atoms with E-state index >= 15 is 0 Å². The van der Waals surface area contributed by atoms with Crippen molar-refractivity contribution in [3.63, 3.8) is 0 Å². The summed E-state index contributed by atoms with van der Waals surface area (Å²) >= 11 is 2.64. The maximum Gasteiger partial charge on any atom is 0.246 e. The van der Waals surface area contributed by atoms with E-state index in [0.29, 0.717) is 32.4 Å². The van der Waals surface area contributed by atoms with Crippen LogP contribution < -0.4 is 19.1 Å². The molecule has 0 saturated heterocycles. The largest absolute Gasteiger partial charge is 0.454 e. The molecule has 1 aliphatic rings. The van der Waals surface area contributed by atoms with E-state index in [0.717, 1.165) is 10.6 Å². The van der Waals surface area contributed by atoms with Crippen LogP contribution in [0.1, 0.15) is 0 Å². The molecule has 1 aliphatic heterocycles. The minimum atomic E-state index is -3.70. The molecule has 1 aromatic carbocycles. The van der Waals surface area contributed by atoms with Gasteiger partial charge in [-0.15, -0.1) is 16.8 Å². The van der Waals surface area contributed by atoms with Gasteiger partial charge in [0, 0.05) is 11.8 Å². The predicted octanol–water partition coefficient (Wildman–Crippen LogP) is 1.95. The summed E-state index contributed by atoms with van der Waals surface area (Å²) in [5.41, 5.74) is 0.302. The summed E-state index contributed by atoms with van der Waals surface area (Å²) in [4.78, 5) is 12.3. The van der Waals surface area contributed by atoms with Crippen molar-refractivity contribution < 1.29 is 22.7 Å². The van der Waals surface area contributed by atoms with E-state index in [1.807, 2.05) is 0 Å². The quantitative estimate of drug-likeness (QED) is 0.386. The van der Waals surface area contributed by atoms with Crippen LogP contribution in [0.4, 0.5) is 10.8 Å². The van der Waals surface area contributed by atoms with Gasteiger partial charge < -0.3 is 9.47 Å². The molecule has 0 fully saturated rings. The van der Waals surface area contributed by atoms with E-state index in [1.165, 1.54) is 29.2 Å². The minimum Gasteiger partial charge on any atom is -0.454 e. The third-order valence-corrected chi connectivity index (χ3v) is 6.42. The highest BCUT2D eigenvalue weighted by molar-refractivity contribution is 8.01. The number of sulfonamides is 1. The van der Waals surface area contributed by atoms with Crippen LogP contribution in [0.2, 0.25) is 0 Å². The van der Waals surface area contributed by atoms with Gasteiger partial charge in [0.05, 0.1) is 11.9 Å². The van der Waals surface area contributed by atoms with Gasteiger partial charge in [-0.05, 0) is 12.1 Å². The lowest BCUT2D eigenvalue weighted by atomic mass is 10.3. The minimum absolute atomic E-state index is 0.0708. The second-order valence-corrected chi connectivity index (χ2v) is 9.48. The van der Waals surface area contributed by atoms with E-state index < -0.39 is 22.5 Å². The number of hydrogen-bond acceptors (Lipinski definition) is 9. The molecular formula is C15H16N4O5S3. The van der Waals surface area contributed by atoms with E-state index in [2.05, 4.69) is 22.1 Å². The Hall–Kier alpha value is -2.31. The van der Waals surface area contributed by atoms with Crippen LogP contribution in [0.5, 0.6) is 11.5 Å². The molecule has 144 valence electrons. The number of thioether (sulfide) groups is 1. The Morgan fingerprint density at radius 2 is 2.19 bits per heavy atom. The van der Waals surface area contributed by atoms with Gasteiger partial charge in [-0.25, -0.2) is 8.42 Å². The Balaban J connectivity index is 1.72. The number of nitrogens with zero attached hydrogens (tertiary/aromatic N) is 3. The lowest BCUT2D eigenvalue weighted by molar-refractivity contribution is -0.114. The molecule has 0 unspecified atom stereocenters. The standard InChI is InChI=1S/C15H16N4O5S3/c1-3-6-25-15-18-17-14(26-15)16-13(20)8-19(27(2,21)22)10-4-5-11-12(7-10)24-9-23-11/h3-5,7H,1,6,8-9H2,2H3,(H,16,17,20). The van der Waals surface area contributed by atoms with Gasteiger partial charge in [-0.3, -0.25) is 14.4 Å². The average molecular weight is 429 g/mol. The maximum atomic E-state index is 12.3. The first kappa shape index (κ1) is 19.5. The van der Waals surface area contributed by atoms with Crippen molar-refractivity contribution in [3.8, 4) is 11.5 Å². The summed E-state index contributed by atoms with van der Waals surface area (Å²) in [5, 5.41) is 10.7. The monoisotopic (exact) mass is 428 g/mol. The van der Waals surface area contributed by atoms with E-state index in [9.17, 15) is 13.2 Å². The van der Waals surface area contributed by atoms with E-state index in [1.54, 1.807) is 18.2 Å². The number of hydrogen-bond donors (Lipinski definition) is 1. The number of benzene rings is 1. The van der Waals surface area contributed by atoms with Crippen molar-refractivity contribution in [2.24, 2.45) is 0 Å². The Bertz CT molecular complexity index is 960. The lowest BCUT2D eigenvalue weighted by Crippen LogP contribution is -2.37. The molecule has 2 aromatic rings. The predicted molar refractivity (Wildman–Crippen MR) is 104 cm³/mol. The van der Waals surface area contributed by atoms with Crippen LogP contribution in [0.15, 0.2) is 35.2 Å². The van der Waals surface area contributed by atoms with Crippen molar-refractivity contribution in [2.45, 2.75) is 4.34 Å². The lowest BCUT2D eigenvalue weighted by Gasteiger charge is -2.21. The summed E-state index contributed by atoms with van der Waals surface area (Å²) < 4.78 is 36.5. The SMILES string of the molecule is C=CCSc1nnc(NC(=O)CN(c2ccc3c(c2)OCO3)S(C)(=O)=O)s1. The van der Waals surface area contributed by atoms with Gasteiger partial charge in [0.25, 0.3) is 0 Å². The Morgan fingerprint density at radius 3 is 2.93 bits per heavy atom. The van der Waals surface area contributed by atoms with Crippen LogP contribution in [0.3, 0.4) is 0 Å². The van der Waals surface area contributed by atoms with Gasteiger partial charge >= 0.3 is 0 Å². The summed E-state index contributed by atoms with van der Waals surface area (Å²) in [6.45, 7) is 3.29. The Kier molecular flexibility index (Phi) is 5.87. The molecule has 1 N–H and O–H groups in total. The van der Waals surface area contributed by atoms with Crippen LogP contribution >= 0.6 is 23.1 Å². The molecule has 0 spiro atoms. The molecule has 0 bridgehead atoms. The Morgan fingerprint density at radius 1 is 1.41 bits per heavy atom. The van der Waals surface area contributed by atoms with Crippen molar-refractivity contribution in [3.05, 3.63) is 30.9 Å². The molecule has 3 rings (SSSR count). The summed E-state index contributed by atoms with van der Waals surface area (Å²) in [5.74, 6) is 1.09. The summed E-state index contributed by atoms with van der Waals surface area (Å²) in [6, 6.07) is 4.67. The number of carbonyl (C=O) groups is 1. The molecule has 0 atom stereocenters. The van der Waals surface area contributed by atoms with Gasteiger partial charge in [0.2, 0.25) is 27.9 Å². The zero-order chi connectivity index (χ0) is 19.4. The smallest absolute Gasteiger partial charge is 0.246 e. The maximum absolute atomic E-state index is 12.3. The zero-order valence-corrected chi connectivity index (χ0v) is 16.7. The first-order chi connectivity index (χ1) is 12.9. The average Bonchev–Trinajstić information content (AvgIpc) is 3.25. The highest BCUT2D eigenvalue weighted by Crippen LogP contribution is 2.36. The van der Waals surface area contributed by atoms with Crippen molar-refractivity contribution in [1.82, 2.24) is 10.2 Å². The molecule has 27 heavy (non-hydrogen) atoms. The normalized spacial score (nSPS) is 12.6. The number of aromatic nitrogens is 2. The van der Waals surface area contributed by atoms with Crippen LogP contribution in [0.25, 0.3) is 0 Å². The van der Waals surface area contributed by atoms with Gasteiger partial charge in [0.1, 0.15) is 6.54 Å². The second-order valence-electron chi connectivity index (χ2n) is 5.33. The molecular weight excluding hydrogens is 412 g/mol. The molecule has 1 amide bonds. The van der Waals surface area contributed by atoms with Crippen LogP contribution in [0, 0.1) is 0 Å². The fourth-order valence-electron chi connectivity index (χ4n) is 2.18. The number of fused-ring (bicyclic) bond motifs is 1. The molecule has 9 nitrogen and oxygen atoms in total. The topological polar surface area (TPSA) is 111 Å². The molecule has 1 aromatic heterocycles. The van der Waals surface area contributed by atoms with E-state index in [-0.39, 0.29) is 6.79 Å². The first-order valence-corrected chi connectivity index (χ1v) is 11.3. The summed E-state index contributed by atoms with van der Waals surface area (Å²) in [7, 11) is -3.70. The second kappa shape index (κ2) is 8.15. The fraction of sp³-hybridized carbons (Fsp3) is 0.267. The number of rotatable bonds is 8. The van der Waals surface area contributed by atoms with Gasteiger partial charge in [-0.1, -0.05) is 29.2 Å². The molecule has 12 heteroatoms. The van der Waals surface area contributed by atoms with Gasteiger partial charge in [0.15, 0.2) is 15.8 Å². The third-order valence-electron chi connectivity index (χ3n) is 3.31. The van der Waals surface area contributed by atoms with Crippen molar-refractivity contribution >= 4 is 49.8 Å². The Labute approximate surface area is 164 Å². The molecule has 0 aliphatic carbocycles. The number of nitrogens with one attached hydrogen (secondary N) is 1. The fourth-order valence-corrected chi connectivity index (χ4v) is 4.56. The highest BCUT2D eigenvalue weighted by atomic mass is 32.2. The number of amides is 1. The van der Waals surface area contributed by atoms with Crippen molar-refractivity contribution in [2.75, 3.05) is 35.0 Å². The zero-order valence-electron chi connectivity index (χ0n) is 14.2. The number of carbonyl (C=O) groups excluding carboxylic acids is 1. The third kappa shape index (κ3) is 4.90. The van der Waals surface area contributed by atoms with Crippen molar-refractivity contribution in [1.29, 1.82) is 0 Å². The summed E-state index contributed by atoms with van der Waals surface area (Å²) in [6.07, 6.45) is 2.76. The van der Waals surface area contributed by atoms with Gasteiger partial charge in [-0.2, -0.15) is 0 Å². The highest BCUT2D eigenvalue weighted by Gasteiger charge is 2.24. The van der Waals surface area contributed by atoms with Crippen LogP contribution in [-0.4, -0.2) is 49.9 Å². The number of anilines is 2.